The van der Waals surface area contributed by atoms with Crippen LogP contribution in [0, 0.1) is 0 Å². The summed E-state index contributed by atoms with van der Waals surface area (Å²) in [6, 6.07) is 30.0. The van der Waals surface area contributed by atoms with Gasteiger partial charge in [0.25, 0.3) is 0 Å². The van der Waals surface area contributed by atoms with Crippen molar-refractivity contribution in [1.29, 1.82) is 0 Å². The molecule has 1 aliphatic heterocycles. The van der Waals surface area contributed by atoms with Crippen molar-refractivity contribution in [2.24, 2.45) is 7.05 Å². The third-order valence-corrected chi connectivity index (χ3v) is 7.24. The monoisotopic (exact) mass is 546 g/mol. The number of amides is 1. The van der Waals surface area contributed by atoms with E-state index >= 15 is 0 Å². The molecule has 6 rings (SSSR count). The van der Waals surface area contributed by atoms with E-state index in [0.29, 0.717) is 44.5 Å². The van der Waals surface area contributed by atoms with Gasteiger partial charge in [-0.15, -0.1) is 0 Å². The van der Waals surface area contributed by atoms with E-state index in [4.69, 9.17) is 19.6 Å². The zero-order chi connectivity index (χ0) is 28.2. The van der Waals surface area contributed by atoms with Gasteiger partial charge in [-0.3, -0.25) is 4.68 Å². The van der Waals surface area contributed by atoms with E-state index in [1.165, 1.54) is 4.90 Å². The van der Waals surface area contributed by atoms with Crippen molar-refractivity contribution < 1.29 is 19.4 Å². The number of carboxylic acid groups (broad SMARTS) is 1. The first-order valence-corrected chi connectivity index (χ1v) is 13.5. The molecule has 0 aliphatic carbocycles. The Hall–Kier alpha value is -5.11. The Labute approximate surface area is 238 Å². The largest absolute Gasteiger partial charge is 0.473 e. The van der Waals surface area contributed by atoms with E-state index in [2.05, 4.69) is 18.2 Å². The number of ether oxygens (including phenoxy) is 2. The van der Waals surface area contributed by atoms with Gasteiger partial charge in [-0.2, -0.15) is 10.1 Å². The molecule has 1 aliphatic rings. The minimum Gasteiger partial charge on any atom is -0.473 e. The maximum atomic E-state index is 11.3. The molecule has 3 heterocycles. The van der Waals surface area contributed by atoms with Crippen molar-refractivity contribution in [3.05, 3.63) is 114 Å². The Morgan fingerprint density at radius 3 is 2.27 bits per heavy atom. The van der Waals surface area contributed by atoms with E-state index < -0.39 is 6.09 Å². The molecule has 0 unspecified atom stereocenters. The molecule has 0 radical (unpaired) electrons. The molecule has 0 saturated heterocycles. The van der Waals surface area contributed by atoms with Crippen LogP contribution in [0.5, 0.6) is 11.8 Å². The van der Waals surface area contributed by atoms with Crippen LogP contribution in [0.1, 0.15) is 23.1 Å². The van der Waals surface area contributed by atoms with E-state index in [1.807, 2.05) is 90.6 Å². The summed E-state index contributed by atoms with van der Waals surface area (Å²) in [6.07, 6.45) is 1.78. The minimum absolute atomic E-state index is 0.361. The predicted molar refractivity (Wildman–Crippen MR) is 158 cm³/mol. The van der Waals surface area contributed by atoms with Gasteiger partial charge in [-0.05, 0) is 46.9 Å². The third-order valence-electron chi connectivity index (χ3n) is 7.24. The molecule has 1 amide bonds. The molecule has 5 aromatic rings. The van der Waals surface area contributed by atoms with Crippen LogP contribution < -0.4 is 9.47 Å². The molecule has 206 valence electrons. The van der Waals surface area contributed by atoms with Crippen LogP contribution in [-0.2, 0) is 20.3 Å². The molecule has 0 spiro atoms. The first-order valence-electron chi connectivity index (χ1n) is 13.5. The molecular weight excluding hydrogens is 516 g/mol. The molecule has 2 aromatic heterocycles. The Morgan fingerprint density at radius 2 is 1.61 bits per heavy atom. The van der Waals surface area contributed by atoms with Crippen molar-refractivity contribution in [2.45, 2.75) is 19.6 Å². The highest BCUT2D eigenvalue weighted by atomic mass is 16.5. The van der Waals surface area contributed by atoms with Crippen LogP contribution in [0.15, 0.2) is 97.1 Å². The SMILES string of the molecule is Cn1nc(-c2ccc(OCc3ccccc3)nc2OCc2ccccc2)c2ccc(C3=CCN(C(=O)O)CC3)cc21. The fourth-order valence-corrected chi connectivity index (χ4v) is 5.01. The third kappa shape index (κ3) is 5.77. The zero-order valence-corrected chi connectivity index (χ0v) is 22.7. The Bertz CT molecular complexity index is 1710. The standard InChI is InChI=1S/C33H30N4O4/c1-36-29-20-26(25-16-18-37(19-17-25)33(38)39)12-13-27(29)31(35-36)28-14-15-30(40-21-23-8-4-2-5-9-23)34-32(28)41-22-24-10-6-3-7-11-24/h2-16,20H,17-19,21-22H2,1H3,(H,38,39). The molecule has 1 N–H and O–H groups in total. The smallest absolute Gasteiger partial charge is 0.407 e. The molecule has 8 nitrogen and oxygen atoms in total. The fraction of sp³-hybridized carbons (Fsp3) is 0.182. The molecule has 41 heavy (non-hydrogen) atoms. The van der Waals surface area contributed by atoms with Crippen molar-refractivity contribution in [3.63, 3.8) is 0 Å². The number of pyridine rings is 1. The second-order valence-electron chi connectivity index (χ2n) is 9.96. The van der Waals surface area contributed by atoms with Gasteiger partial charge in [-0.25, -0.2) is 4.79 Å². The summed E-state index contributed by atoms with van der Waals surface area (Å²) in [7, 11) is 1.92. The fourth-order valence-electron chi connectivity index (χ4n) is 5.01. The van der Waals surface area contributed by atoms with Gasteiger partial charge in [0.15, 0.2) is 0 Å². The Balaban J connectivity index is 1.32. The van der Waals surface area contributed by atoms with Crippen molar-refractivity contribution >= 4 is 22.6 Å². The highest BCUT2D eigenvalue weighted by molar-refractivity contribution is 5.96. The lowest BCUT2D eigenvalue weighted by molar-refractivity contribution is 0.150. The summed E-state index contributed by atoms with van der Waals surface area (Å²) in [4.78, 5) is 17.5. The number of nitrogens with zero attached hydrogens (tertiary/aromatic N) is 4. The Kier molecular flexibility index (Phi) is 7.36. The van der Waals surface area contributed by atoms with Crippen LogP contribution in [0.2, 0.25) is 0 Å². The molecule has 8 heteroatoms. The lowest BCUT2D eigenvalue weighted by Gasteiger charge is -2.23. The molecule has 0 saturated carbocycles. The lowest BCUT2D eigenvalue weighted by Crippen LogP contribution is -2.33. The Morgan fingerprint density at radius 1 is 0.902 bits per heavy atom. The van der Waals surface area contributed by atoms with Crippen molar-refractivity contribution in [1.82, 2.24) is 19.7 Å². The number of hydrogen-bond acceptors (Lipinski definition) is 5. The first kappa shape index (κ1) is 26.1. The number of hydrogen-bond donors (Lipinski definition) is 1. The number of benzene rings is 3. The van der Waals surface area contributed by atoms with Gasteiger partial charge in [0.05, 0.1) is 11.1 Å². The summed E-state index contributed by atoms with van der Waals surface area (Å²) in [6.45, 7) is 1.65. The number of rotatable bonds is 8. The lowest BCUT2D eigenvalue weighted by atomic mass is 9.97. The number of aromatic nitrogens is 3. The van der Waals surface area contributed by atoms with E-state index in [9.17, 15) is 9.90 Å². The van der Waals surface area contributed by atoms with Gasteiger partial charge in [0, 0.05) is 31.6 Å². The summed E-state index contributed by atoms with van der Waals surface area (Å²) < 4.78 is 14.1. The van der Waals surface area contributed by atoms with Gasteiger partial charge < -0.3 is 19.5 Å². The highest BCUT2D eigenvalue weighted by Crippen LogP contribution is 2.36. The quantitative estimate of drug-likeness (QED) is 0.237. The normalized spacial score (nSPS) is 13.2. The molecular formula is C33H30N4O4. The molecule has 3 aromatic carbocycles. The predicted octanol–water partition coefficient (Wildman–Crippen LogP) is 6.56. The van der Waals surface area contributed by atoms with Gasteiger partial charge >= 0.3 is 6.09 Å². The van der Waals surface area contributed by atoms with Crippen molar-refractivity contribution in [3.8, 4) is 23.0 Å². The van der Waals surface area contributed by atoms with Gasteiger partial charge in [-0.1, -0.05) is 72.8 Å². The van der Waals surface area contributed by atoms with Crippen LogP contribution in [-0.4, -0.2) is 44.0 Å². The van der Waals surface area contributed by atoms with Crippen molar-refractivity contribution in [2.75, 3.05) is 13.1 Å². The van der Waals surface area contributed by atoms with Gasteiger partial charge in [0.1, 0.15) is 18.9 Å². The highest BCUT2D eigenvalue weighted by Gasteiger charge is 2.20. The second kappa shape index (κ2) is 11.6. The van der Waals surface area contributed by atoms with Gasteiger partial charge in [0.2, 0.25) is 11.8 Å². The van der Waals surface area contributed by atoms with Crippen LogP contribution in [0.25, 0.3) is 27.7 Å². The minimum atomic E-state index is -0.887. The van der Waals surface area contributed by atoms with E-state index in [-0.39, 0.29) is 0 Å². The summed E-state index contributed by atoms with van der Waals surface area (Å²) in [5.41, 5.74) is 6.82. The van der Waals surface area contributed by atoms with E-state index in [1.54, 1.807) is 0 Å². The second-order valence-corrected chi connectivity index (χ2v) is 9.96. The maximum Gasteiger partial charge on any atom is 0.407 e. The summed E-state index contributed by atoms with van der Waals surface area (Å²) >= 11 is 0. The number of fused-ring (bicyclic) bond motifs is 1. The number of carbonyl (C=O) groups is 1. The summed E-state index contributed by atoms with van der Waals surface area (Å²) in [5, 5.41) is 15.1. The maximum absolute atomic E-state index is 11.3. The van der Waals surface area contributed by atoms with Crippen LogP contribution >= 0.6 is 0 Å². The number of aryl methyl sites for hydroxylation is 1. The molecule has 0 fully saturated rings. The molecule has 0 bridgehead atoms. The average Bonchev–Trinajstić information content (AvgIpc) is 3.35. The van der Waals surface area contributed by atoms with Crippen LogP contribution in [0.3, 0.4) is 0 Å². The summed E-state index contributed by atoms with van der Waals surface area (Å²) in [5.74, 6) is 0.926. The molecule has 0 atom stereocenters. The van der Waals surface area contributed by atoms with Crippen LogP contribution in [0.4, 0.5) is 4.79 Å². The van der Waals surface area contributed by atoms with E-state index in [0.717, 1.165) is 44.4 Å². The average molecular weight is 547 g/mol. The first-order chi connectivity index (χ1) is 20.0. The topological polar surface area (TPSA) is 89.7 Å². The zero-order valence-electron chi connectivity index (χ0n) is 22.7.